The van der Waals surface area contributed by atoms with Crippen molar-refractivity contribution < 1.29 is 4.79 Å². The highest BCUT2D eigenvalue weighted by atomic mass is 32.1. The van der Waals surface area contributed by atoms with Crippen molar-refractivity contribution in [3.63, 3.8) is 0 Å². The number of carbonyl (C=O) groups excluding carboxylic acids is 1. The van der Waals surface area contributed by atoms with E-state index in [0.717, 1.165) is 18.0 Å². The third kappa shape index (κ3) is 3.24. The summed E-state index contributed by atoms with van der Waals surface area (Å²) in [7, 11) is 3.98. The third-order valence-corrected chi connectivity index (χ3v) is 2.15. The predicted molar refractivity (Wildman–Crippen MR) is 56.6 cm³/mol. The van der Waals surface area contributed by atoms with E-state index in [9.17, 15) is 4.79 Å². The van der Waals surface area contributed by atoms with Crippen LogP contribution in [0.3, 0.4) is 0 Å². The van der Waals surface area contributed by atoms with Crippen LogP contribution in [-0.2, 0) is 4.79 Å². The molecule has 0 fully saturated rings. The van der Waals surface area contributed by atoms with Crippen LogP contribution in [0.2, 0.25) is 0 Å². The highest BCUT2D eigenvalue weighted by Crippen LogP contribution is 2.05. The molecule has 0 atom stereocenters. The summed E-state index contributed by atoms with van der Waals surface area (Å²) < 4.78 is 0. The Balaban J connectivity index is 2.46. The Labute approximate surface area is 84.0 Å². The number of likely N-dealkylation sites (N-methyl/N-ethyl adjacent to an activating group) is 1. The van der Waals surface area contributed by atoms with Crippen molar-refractivity contribution >= 4 is 23.0 Å². The van der Waals surface area contributed by atoms with Crippen LogP contribution in [0, 0.1) is 0 Å². The van der Waals surface area contributed by atoms with Crippen LogP contribution in [0.5, 0.6) is 0 Å². The fourth-order valence-corrected chi connectivity index (χ4v) is 1.26. The lowest BCUT2D eigenvalue weighted by molar-refractivity contribution is -0.127. The number of amides is 1. The molecule has 1 amide bonds. The lowest BCUT2D eigenvalue weighted by Crippen LogP contribution is -2.35. The van der Waals surface area contributed by atoms with Gasteiger partial charge in [0.1, 0.15) is 0 Å². The fourth-order valence-electron chi connectivity index (χ4n) is 1.07. The molecule has 1 rings (SSSR count). The molecule has 3 nitrogen and oxygen atoms in total. The molecule has 0 aromatic heterocycles. The predicted octanol–water partition coefficient (Wildman–Crippen LogP) is 0.664. The maximum Gasteiger partial charge on any atom is 0.231 e. The van der Waals surface area contributed by atoms with Crippen molar-refractivity contribution in [2.24, 2.45) is 0 Å². The molecule has 0 bridgehead atoms. The molecule has 1 heterocycles. The summed E-state index contributed by atoms with van der Waals surface area (Å²) in [6.45, 7) is 1.62. The molecule has 0 saturated heterocycles. The van der Waals surface area contributed by atoms with Crippen molar-refractivity contribution in [2.45, 2.75) is 6.42 Å². The van der Waals surface area contributed by atoms with Gasteiger partial charge in [0.2, 0.25) is 5.91 Å². The molecule has 1 aliphatic rings. The minimum atomic E-state index is 0.106. The average Bonchev–Trinajstić information content (AvgIpc) is 2.02. The van der Waals surface area contributed by atoms with E-state index >= 15 is 0 Å². The van der Waals surface area contributed by atoms with E-state index in [1.165, 1.54) is 0 Å². The molecule has 72 valence electrons. The third-order valence-electron chi connectivity index (χ3n) is 1.87. The van der Waals surface area contributed by atoms with E-state index in [1.54, 1.807) is 11.1 Å². The molecular formula is C9H14N2OS. The Hall–Kier alpha value is -0.740. The Morgan fingerprint density at radius 3 is 2.85 bits per heavy atom. The molecule has 0 N–H and O–H groups in total. The van der Waals surface area contributed by atoms with Gasteiger partial charge in [-0.15, -0.1) is 0 Å². The summed E-state index contributed by atoms with van der Waals surface area (Å²) in [6, 6.07) is 0. The Bertz CT molecular complexity index is 248. The molecule has 0 unspecified atom stereocenters. The van der Waals surface area contributed by atoms with Crippen molar-refractivity contribution in [1.82, 2.24) is 9.80 Å². The van der Waals surface area contributed by atoms with Gasteiger partial charge in [0, 0.05) is 24.2 Å². The van der Waals surface area contributed by atoms with Gasteiger partial charge in [-0.2, -0.15) is 0 Å². The van der Waals surface area contributed by atoms with Gasteiger partial charge in [-0.05, 0) is 20.2 Å². The fraction of sp³-hybridized carbons (Fsp3) is 0.556. The highest BCUT2D eigenvalue weighted by molar-refractivity contribution is 7.80. The number of allylic oxidation sites excluding steroid dienone is 1. The number of hydrogen-bond donors (Lipinski definition) is 0. The van der Waals surface area contributed by atoms with Crippen LogP contribution < -0.4 is 0 Å². The van der Waals surface area contributed by atoms with Crippen LogP contribution in [-0.4, -0.2) is 47.8 Å². The first kappa shape index (κ1) is 10.3. The summed E-state index contributed by atoms with van der Waals surface area (Å²) in [4.78, 5) is 15.9. The van der Waals surface area contributed by atoms with E-state index in [0.29, 0.717) is 6.42 Å². The van der Waals surface area contributed by atoms with Crippen LogP contribution >= 0.6 is 12.2 Å². The molecular weight excluding hydrogens is 184 g/mol. The summed E-state index contributed by atoms with van der Waals surface area (Å²) in [5.41, 5.74) is 0. The zero-order valence-electron chi connectivity index (χ0n) is 7.99. The summed E-state index contributed by atoms with van der Waals surface area (Å²) in [5, 5.41) is 0. The van der Waals surface area contributed by atoms with Gasteiger partial charge in [0.05, 0.1) is 6.42 Å². The first-order valence-electron chi connectivity index (χ1n) is 4.25. The number of thiocarbonyl (C=S) groups is 1. The monoisotopic (exact) mass is 198 g/mol. The number of carbonyl (C=O) groups is 1. The van der Waals surface area contributed by atoms with Crippen molar-refractivity contribution in [3.05, 3.63) is 12.3 Å². The van der Waals surface area contributed by atoms with Gasteiger partial charge in [0.15, 0.2) is 0 Å². The maximum absolute atomic E-state index is 11.4. The van der Waals surface area contributed by atoms with E-state index in [4.69, 9.17) is 12.2 Å². The summed E-state index contributed by atoms with van der Waals surface area (Å²) in [6.07, 6.45) is 3.99. The Morgan fingerprint density at radius 2 is 2.31 bits per heavy atom. The maximum atomic E-state index is 11.4. The first-order chi connectivity index (χ1) is 6.09. The van der Waals surface area contributed by atoms with Crippen molar-refractivity contribution in [3.8, 4) is 0 Å². The van der Waals surface area contributed by atoms with E-state index in [-0.39, 0.29) is 5.91 Å². The van der Waals surface area contributed by atoms with Gasteiger partial charge in [-0.3, -0.25) is 4.79 Å². The molecule has 0 aromatic rings. The minimum Gasteiger partial charge on any atom is -0.317 e. The molecule has 0 aliphatic carbocycles. The van der Waals surface area contributed by atoms with E-state index in [2.05, 4.69) is 0 Å². The molecule has 4 heteroatoms. The standard InChI is InChI=1S/C9H14N2OS/c1-10(2)5-6-11-4-3-8(13)7-9(11)12/h3-4H,5-7H2,1-2H3. The lowest BCUT2D eigenvalue weighted by Gasteiger charge is -2.23. The minimum absolute atomic E-state index is 0.106. The van der Waals surface area contributed by atoms with Crippen LogP contribution in [0.15, 0.2) is 12.3 Å². The highest BCUT2D eigenvalue weighted by Gasteiger charge is 2.16. The quantitative estimate of drug-likeness (QED) is 0.623. The second-order valence-electron chi connectivity index (χ2n) is 3.35. The van der Waals surface area contributed by atoms with Crippen LogP contribution in [0.1, 0.15) is 6.42 Å². The topological polar surface area (TPSA) is 23.6 Å². The molecule has 0 radical (unpaired) electrons. The number of rotatable bonds is 3. The first-order valence-corrected chi connectivity index (χ1v) is 4.65. The summed E-state index contributed by atoms with van der Waals surface area (Å²) >= 11 is 4.93. The average molecular weight is 198 g/mol. The SMILES string of the molecule is CN(C)CCN1C=CC(=S)CC1=O. The zero-order valence-corrected chi connectivity index (χ0v) is 8.80. The van der Waals surface area contributed by atoms with Crippen LogP contribution in [0.25, 0.3) is 0 Å². The van der Waals surface area contributed by atoms with E-state index in [1.807, 2.05) is 25.1 Å². The van der Waals surface area contributed by atoms with Crippen molar-refractivity contribution in [2.75, 3.05) is 27.2 Å². The number of nitrogens with zero attached hydrogens (tertiary/aromatic N) is 2. The normalized spacial score (nSPS) is 17.3. The van der Waals surface area contributed by atoms with Crippen molar-refractivity contribution in [1.29, 1.82) is 0 Å². The second-order valence-corrected chi connectivity index (χ2v) is 3.87. The second kappa shape index (κ2) is 4.48. The molecule has 1 aliphatic heterocycles. The lowest BCUT2D eigenvalue weighted by atomic mass is 10.2. The Kier molecular flexibility index (Phi) is 3.57. The van der Waals surface area contributed by atoms with Gasteiger partial charge < -0.3 is 9.80 Å². The Morgan fingerprint density at radius 1 is 1.62 bits per heavy atom. The summed E-state index contributed by atoms with van der Waals surface area (Å²) in [5.74, 6) is 0.106. The largest absolute Gasteiger partial charge is 0.317 e. The van der Waals surface area contributed by atoms with Gasteiger partial charge in [-0.1, -0.05) is 12.2 Å². The van der Waals surface area contributed by atoms with Gasteiger partial charge >= 0.3 is 0 Å². The molecule has 0 saturated carbocycles. The molecule has 0 aromatic carbocycles. The number of hydrogen-bond acceptors (Lipinski definition) is 3. The smallest absolute Gasteiger partial charge is 0.231 e. The van der Waals surface area contributed by atoms with Crippen LogP contribution in [0.4, 0.5) is 0 Å². The molecule has 13 heavy (non-hydrogen) atoms. The zero-order chi connectivity index (χ0) is 9.84. The van der Waals surface area contributed by atoms with E-state index < -0.39 is 0 Å². The van der Waals surface area contributed by atoms with Gasteiger partial charge in [-0.25, -0.2) is 0 Å². The van der Waals surface area contributed by atoms with Gasteiger partial charge in [0.25, 0.3) is 0 Å². The molecule has 0 spiro atoms.